The predicted molar refractivity (Wildman–Crippen MR) is 261 cm³/mol. The number of aliphatic hydroxyl groups is 7. The van der Waals surface area contributed by atoms with Gasteiger partial charge in [0.15, 0.2) is 0 Å². The van der Waals surface area contributed by atoms with Crippen LogP contribution in [-0.4, -0.2) is 108 Å². The fraction of sp³-hybridized carbons (Fsp3) is 0.863. The van der Waals surface area contributed by atoms with E-state index >= 15 is 0 Å². The second-order valence-electron chi connectivity index (χ2n) is 18.5. The standard InChI is InChI=1S/C51H96NO12P/c1-3-5-7-9-11-13-15-17-19-21-22-23-25-27-29-31-33-35-37-39-44(54)43(41-63-65(61,62)64-51-49(59)47(57)46(56)48(58)50(51)60)52-45(55)40-42(53)38-36-34-32-30-28-26-24-20-18-16-14-12-10-8-6-4-2/h22-23,29,31,37,39,42-44,46-51,53-54,56-60H,3-21,24-28,30,32-36,38,40-41H2,1-2H3,(H,52,55)(H,61,62)/b23-22+,31-29+,39-37+. The van der Waals surface area contributed by atoms with Crippen LogP contribution >= 0.6 is 7.82 Å². The third-order valence-electron chi connectivity index (χ3n) is 12.5. The predicted octanol–water partition coefficient (Wildman–Crippen LogP) is 9.70. The Labute approximate surface area is 394 Å². The lowest BCUT2D eigenvalue weighted by Gasteiger charge is -2.41. The second kappa shape index (κ2) is 40.4. The highest BCUT2D eigenvalue weighted by atomic mass is 31.2. The number of aliphatic hydroxyl groups excluding tert-OH is 7. The molecule has 65 heavy (non-hydrogen) atoms. The quantitative estimate of drug-likeness (QED) is 0.0158. The molecule has 1 aliphatic carbocycles. The van der Waals surface area contributed by atoms with E-state index in [2.05, 4.69) is 43.5 Å². The summed E-state index contributed by atoms with van der Waals surface area (Å²) >= 11 is 0. The van der Waals surface area contributed by atoms with E-state index in [9.17, 15) is 50.0 Å². The topological polar surface area (TPSA) is 226 Å². The SMILES string of the molecule is CCCCCCCCCCC/C=C/CC/C=C/CC/C=C/C(O)C(COP(=O)(O)OC1C(O)C(O)C(O)C(O)C1O)NC(=O)CC(O)CCCCCCCCCCCCCCCCCC. The maximum absolute atomic E-state index is 13.0. The molecule has 1 aliphatic rings. The van der Waals surface area contributed by atoms with Crippen molar-refractivity contribution in [3.05, 3.63) is 36.5 Å². The number of carbonyl (C=O) groups is 1. The third kappa shape index (κ3) is 32.1. The van der Waals surface area contributed by atoms with Gasteiger partial charge < -0.3 is 46.0 Å². The Hall–Kier alpha value is -1.48. The first-order chi connectivity index (χ1) is 31.3. The molecule has 382 valence electrons. The Morgan fingerprint density at radius 1 is 0.538 bits per heavy atom. The zero-order chi connectivity index (χ0) is 48.0. The molecule has 0 aromatic carbocycles. The van der Waals surface area contributed by atoms with E-state index in [0.29, 0.717) is 19.3 Å². The molecule has 0 aromatic heterocycles. The van der Waals surface area contributed by atoms with Gasteiger partial charge in [-0.15, -0.1) is 0 Å². The Morgan fingerprint density at radius 3 is 1.35 bits per heavy atom. The molecule has 0 aromatic rings. The van der Waals surface area contributed by atoms with Gasteiger partial charge in [0, 0.05) is 0 Å². The van der Waals surface area contributed by atoms with Gasteiger partial charge in [-0.05, 0) is 44.9 Å². The van der Waals surface area contributed by atoms with Gasteiger partial charge in [-0.1, -0.05) is 204 Å². The van der Waals surface area contributed by atoms with Crippen LogP contribution in [0.4, 0.5) is 0 Å². The number of unbranched alkanes of at least 4 members (excludes halogenated alkanes) is 26. The van der Waals surface area contributed by atoms with Crippen LogP contribution in [0.5, 0.6) is 0 Å². The van der Waals surface area contributed by atoms with Crippen molar-refractivity contribution < 1.29 is 59.0 Å². The molecule has 8 atom stereocenters. The first-order valence-electron chi connectivity index (χ1n) is 26.0. The molecular weight excluding hydrogens is 850 g/mol. The van der Waals surface area contributed by atoms with E-state index in [1.165, 1.54) is 141 Å². The number of rotatable bonds is 43. The van der Waals surface area contributed by atoms with E-state index in [4.69, 9.17) is 9.05 Å². The molecule has 0 saturated heterocycles. The van der Waals surface area contributed by atoms with E-state index < -0.39 is 75.2 Å². The number of carbonyl (C=O) groups excluding carboxylic acids is 1. The van der Waals surface area contributed by atoms with Crippen LogP contribution in [0.2, 0.25) is 0 Å². The average Bonchev–Trinajstić information content (AvgIpc) is 3.28. The molecular formula is C51H96NO12P. The summed E-state index contributed by atoms with van der Waals surface area (Å²) < 4.78 is 22.9. The lowest BCUT2D eigenvalue weighted by molar-refractivity contribution is -0.220. The molecule has 0 radical (unpaired) electrons. The number of nitrogens with one attached hydrogen (secondary N) is 1. The zero-order valence-corrected chi connectivity index (χ0v) is 41.5. The Bertz CT molecular complexity index is 1250. The monoisotopic (exact) mass is 946 g/mol. The summed E-state index contributed by atoms with van der Waals surface area (Å²) in [5, 5.41) is 74.6. The lowest BCUT2D eigenvalue weighted by atomic mass is 9.85. The maximum Gasteiger partial charge on any atom is 0.472 e. The minimum atomic E-state index is -5.16. The molecule has 1 amide bonds. The molecule has 0 heterocycles. The average molecular weight is 946 g/mol. The number of hydrogen-bond acceptors (Lipinski definition) is 11. The van der Waals surface area contributed by atoms with Gasteiger partial charge in [0.05, 0.1) is 31.3 Å². The van der Waals surface area contributed by atoms with E-state index in [1.807, 2.05) is 0 Å². The highest BCUT2D eigenvalue weighted by molar-refractivity contribution is 7.47. The van der Waals surface area contributed by atoms with Crippen molar-refractivity contribution in [3.63, 3.8) is 0 Å². The minimum absolute atomic E-state index is 0.253. The fourth-order valence-electron chi connectivity index (χ4n) is 8.21. The largest absolute Gasteiger partial charge is 0.472 e. The van der Waals surface area contributed by atoms with Crippen molar-refractivity contribution in [2.24, 2.45) is 0 Å². The number of phosphoric acid groups is 1. The number of hydrogen-bond donors (Lipinski definition) is 9. The fourth-order valence-corrected chi connectivity index (χ4v) is 9.18. The van der Waals surface area contributed by atoms with Crippen LogP contribution in [0, 0.1) is 0 Å². The molecule has 13 nitrogen and oxygen atoms in total. The van der Waals surface area contributed by atoms with E-state index in [-0.39, 0.29) is 6.42 Å². The molecule has 1 rings (SSSR count). The van der Waals surface area contributed by atoms with Crippen LogP contribution in [0.1, 0.15) is 219 Å². The molecule has 1 saturated carbocycles. The van der Waals surface area contributed by atoms with Crippen molar-refractivity contribution in [1.82, 2.24) is 5.32 Å². The second-order valence-corrected chi connectivity index (χ2v) is 20.0. The first kappa shape index (κ1) is 61.5. The van der Waals surface area contributed by atoms with Crippen molar-refractivity contribution in [1.29, 1.82) is 0 Å². The molecule has 1 fully saturated rings. The number of amides is 1. The summed E-state index contributed by atoms with van der Waals surface area (Å²) in [5.41, 5.74) is 0. The van der Waals surface area contributed by atoms with Crippen molar-refractivity contribution >= 4 is 13.7 Å². The van der Waals surface area contributed by atoms with Gasteiger partial charge in [-0.2, -0.15) is 0 Å². The zero-order valence-electron chi connectivity index (χ0n) is 40.7. The van der Waals surface area contributed by atoms with Gasteiger partial charge in [-0.25, -0.2) is 4.57 Å². The van der Waals surface area contributed by atoms with Crippen LogP contribution in [0.3, 0.4) is 0 Å². The number of allylic oxidation sites excluding steroid dienone is 5. The van der Waals surface area contributed by atoms with Gasteiger partial charge in [0.2, 0.25) is 5.91 Å². The Balaban J connectivity index is 2.53. The van der Waals surface area contributed by atoms with Crippen LogP contribution in [0.15, 0.2) is 36.5 Å². The summed E-state index contributed by atoms with van der Waals surface area (Å²) in [6.07, 6.45) is 33.7. The molecule has 8 unspecified atom stereocenters. The normalized spacial score (nSPS) is 22.8. The number of phosphoric ester groups is 1. The van der Waals surface area contributed by atoms with E-state index in [1.54, 1.807) is 6.08 Å². The molecule has 14 heteroatoms. The van der Waals surface area contributed by atoms with Crippen LogP contribution in [0.25, 0.3) is 0 Å². The third-order valence-corrected chi connectivity index (χ3v) is 13.4. The van der Waals surface area contributed by atoms with E-state index in [0.717, 1.165) is 44.9 Å². The van der Waals surface area contributed by atoms with Crippen molar-refractivity contribution in [2.45, 2.75) is 274 Å². The summed E-state index contributed by atoms with van der Waals surface area (Å²) in [5.74, 6) is -0.604. The molecule has 9 N–H and O–H groups in total. The highest BCUT2D eigenvalue weighted by Crippen LogP contribution is 2.47. The molecule has 0 aliphatic heterocycles. The Kier molecular flexibility index (Phi) is 38.3. The molecule has 0 spiro atoms. The van der Waals surface area contributed by atoms with Gasteiger partial charge in [0.25, 0.3) is 0 Å². The first-order valence-corrected chi connectivity index (χ1v) is 27.5. The molecule has 0 bridgehead atoms. The Morgan fingerprint density at radius 2 is 0.908 bits per heavy atom. The highest BCUT2D eigenvalue weighted by Gasteiger charge is 2.51. The van der Waals surface area contributed by atoms with Gasteiger partial charge >= 0.3 is 7.82 Å². The van der Waals surface area contributed by atoms with Gasteiger partial charge in [-0.3, -0.25) is 13.8 Å². The smallest absolute Gasteiger partial charge is 0.393 e. The van der Waals surface area contributed by atoms with Gasteiger partial charge in [0.1, 0.15) is 36.6 Å². The lowest BCUT2D eigenvalue weighted by Crippen LogP contribution is -2.64. The summed E-state index contributed by atoms with van der Waals surface area (Å²) in [6.45, 7) is 3.75. The summed E-state index contributed by atoms with van der Waals surface area (Å²) in [4.78, 5) is 23.5. The van der Waals surface area contributed by atoms with Crippen LogP contribution < -0.4 is 5.32 Å². The summed E-state index contributed by atoms with van der Waals surface area (Å²) in [6, 6.07) is -1.26. The maximum atomic E-state index is 13.0. The van der Waals surface area contributed by atoms with Crippen LogP contribution in [-0.2, 0) is 18.4 Å². The minimum Gasteiger partial charge on any atom is -0.393 e. The van der Waals surface area contributed by atoms with Crippen molar-refractivity contribution in [2.75, 3.05) is 6.61 Å². The summed E-state index contributed by atoms with van der Waals surface area (Å²) in [7, 11) is -5.16. The van der Waals surface area contributed by atoms with Crippen molar-refractivity contribution in [3.8, 4) is 0 Å².